The van der Waals surface area contributed by atoms with Gasteiger partial charge in [-0.1, -0.05) is 0 Å². The summed E-state index contributed by atoms with van der Waals surface area (Å²) in [4.78, 5) is 22.2. The average molecular weight is 430 g/mol. The van der Waals surface area contributed by atoms with Crippen molar-refractivity contribution in [2.45, 2.75) is 37.1 Å². The molecule has 1 saturated heterocycles. The van der Waals surface area contributed by atoms with Crippen LogP contribution in [0, 0.1) is 5.92 Å². The van der Waals surface area contributed by atoms with Gasteiger partial charge >= 0.3 is 11.9 Å². The summed E-state index contributed by atoms with van der Waals surface area (Å²) in [6.07, 6.45) is -8.54. The lowest BCUT2D eigenvalue weighted by Crippen LogP contribution is -2.59. The van der Waals surface area contributed by atoms with E-state index in [-0.39, 0.29) is 5.75 Å². The van der Waals surface area contributed by atoms with Crippen LogP contribution in [0.25, 0.3) is 0 Å². The summed E-state index contributed by atoms with van der Waals surface area (Å²) in [5.41, 5.74) is 0.654. The van der Waals surface area contributed by atoms with Crippen LogP contribution in [0.15, 0.2) is 24.3 Å². The highest BCUT2D eigenvalue weighted by Crippen LogP contribution is 2.28. The van der Waals surface area contributed by atoms with E-state index in [1.54, 1.807) is 19.2 Å². The second-order valence-electron chi connectivity index (χ2n) is 6.33. The molecule has 160 valence electrons. The molecule has 0 saturated carbocycles. The van der Waals surface area contributed by atoms with Gasteiger partial charge in [0.15, 0.2) is 11.0 Å². The zero-order valence-electron chi connectivity index (χ0n) is 15.3. The fraction of sp³-hybridized carbons (Fsp3) is 0.471. The van der Waals surface area contributed by atoms with Crippen molar-refractivity contribution in [3.05, 3.63) is 24.3 Å². The van der Waals surface area contributed by atoms with Gasteiger partial charge in [-0.15, -0.1) is 0 Å². The van der Waals surface area contributed by atoms with Gasteiger partial charge in [-0.05, 0) is 36.5 Å². The average Bonchev–Trinajstić information content (AvgIpc) is 2.68. The van der Waals surface area contributed by atoms with Crippen LogP contribution in [0.2, 0.25) is 0 Å². The van der Waals surface area contributed by atoms with E-state index in [4.69, 9.17) is 31.9 Å². The van der Waals surface area contributed by atoms with Crippen molar-refractivity contribution in [3.63, 3.8) is 0 Å². The molecule has 0 amide bonds. The highest BCUT2D eigenvalue weighted by atomic mass is 32.1. The summed E-state index contributed by atoms with van der Waals surface area (Å²) in [5.74, 6) is -4.85. The van der Waals surface area contributed by atoms with E-state index in [2.05, 4.69) is 10.6 Å². The minimum Gasteiger partial charge on any atom is -0.481 e. The summed E-state index contributed by atoms with van der Waals surface area (Å²) in [5, 5.41) is 54.2. The van der Waals surface area contributed by atoms with Crippen molar-refractivity contribution < 1.29 is 44.6 Å². The number of carbonyl (C=O) groups is 2. The monoisotopic (exact) mass is 430 g/mol. The standard InChI is InChI=1S/C17H22N2O9S/c1-18-17(29)19-7-2-4-8(5-3-7)27-16-13(22)12(21)11(20)10(28-16)6-9(14(23)24)15(25)26/h2-5,9-13,16,20-22H,6H2,1H3,(H,23,24)(H,25,26)(H2,18,19,29)/t10-,11-,12+,13+,16+/m1/s1. The molecule has 2 rings (SSSR count). The largest absolute Gasteiger partial charge is 0.481 e. The Hall–Kier alpha value is -2.51. The molecule has 0 aromatic heterocycles. The minimum atomic E-state index is -1.86. The number of aliphatic carboxylic acids is 2. The predicted molar refractivity (Wildman–Crippen MR) is 102 cm³/mol. The van der Waals surface area contributed by atoms with Crippen molar-refractivity contribution in [1.29, 1.82) is 0 Å². The molecule has 1 aliphatic rings. The van der Waals surface area contributed by atoms with E-state index in [0.29, 0.717) is 10.8 Å². The minimum absolute atomic E-state index is 0.241. The maximum atomic E-state index is 11.1. The van der Waals surface area contributed by atoms with Gasteiger partial charge in [-0.2, -0.15) is 0 Å². The number of carboxylic acid groups (broad SMARTS) is 2. The molecule has 12 heteroatoms. The third kappa shape index (κ3) is 5.74. The van der Waals surface area contributed by atoms with E-state index in [0.717, 1.165) is 0 Å². The lowest BCUT2D eigenvalue weighted by molar-refractivity contribution is -0.275. The van der Waals surface area contributed by atoms with E-state index in [9.17, 15) is 24.9 Å². The van der Waals surface area contributed by atoms with Crippen molar-refractivity contribution in [2.75, 3.05) is 12.4 Å². The number of rotatable bonds is 7. The van der Waals surface area contributed by atoms with Gasteiger partial charge in [0, 0.05) is 19.2 Å². The predicted octanol–water partition coefficient (Wildman–Crippen LogP) is -1.04. The molecule has 1 aliphatic heterocycles. The van der Waals surface area contributed by atoms with Crippen LogP contribution in [0.5, 0.6) is 5.75 Å². The number of nitrogens with one attached hydrogen (secondary N) is 2. The maximum absolute atomic E-state index is 11.1. The lowest BCUT2D eigenvalue weighted by Gasteiger charge is -2.40. The van der Waals surface area contributed by atoms with Crippen LogP contribution in [-0.2, 0) is 14.3 Å². The van der Waals surface area contributed by atoms with E-state index in [1.165, 1.54) is 12.1 Å². The van der Waals surface area contributed by atoms with Crippen LogP contribution in [-0.4, -0.2) is 80.3 Å². The highest BCUT2D eigenvalue weighted by molar-refractivity contribution is 7.80. The summed E-state index contributed by atoms with van der Waals surface area (Å²) < 4.78 is 10.9. The Balaban J connectivity index is 2.10. The van der Waals surface area contributed by atoms with Crippen molar-refractivity contribution in [1.82, 2.24) is 5.32 Å². The number of carboxylic acids is 2. The van der Waals surface area contributed by atoms with Gasteiger partial charge in [0.1, 0.15) is 24.1 Å². The molecular formula is C17H22N2O9S. The summed E-state index contributed by atoms with van der Waals surface area (Å²) >= 11 is 4.98. The van der Waals surface area contributed by atoms with Crippen LogP contribution < -0.4 is 15.4 Å². The zero-order chi connectivity index (χ0) is 21.7. The molecule has 1 fully saturated rings. The zero-order valence-corrected chi connectivity index (χ0v) is 16.1. The Kier molecular flexibility index (Phi) is 7.70. The quantitative estimate of drug-likeness (QED) is 0.207. The second kappa shape index (κ2) is 9.80. The molecule has 1 aromatic rings. The molecular weight excluding hydrogens is 408 g/mol. The Bertz CT molecular complexity index is 731. The number of aliphatic hydroxyl groups excluding tert-OH is 3. The van der Waals surface area contributed by atoms with Crippen LogP contribution >= 0.6 is 12.2 Å². The number of benzene rings is 1. The summed E-state index contributed by atoms with van der Waals surface area (Å²) in [6, 6.07) is 6.31. The van der Waals surface area contributed by atoms with Gasteiger partial charge in [0.2, 0.25) is 6.29 Å². The SMILES string of the molecule is CNC(=S)Nc1ccc(O[C@H]2O[C@H](CC(C(=O)O)C(=O)O)[C@@H](O)[C@H](O)[C@@H]2O)cc1. The second-order valence-corrected chi connectivity index (χ2v) is 6.73. The third-order valence-electron chi connectivity index (χ3n) is 4.32. The fourth-order valence-corrected chi connectivity index (χ4v) is 2.81. The van der Waals surface area contributed by atoms with Crippen molar-refractivity contribution in [2.24, 2.45) is 5.92 Å². The number of ether oxygens (including phenoxy) is 2. The molecule has 5 atom stereocenters. The van der Waals surface area contributed by atoms with E-state index < -0.39 is 55.0 Å². The Labute approximate surface area is 170 Å². The molecule has 1 aromatic carbocycles. The number of hydrogen-bond donors (Lipinski definition) is 7. The van der Waals surface area contributed by atoms with Gasteiger partial charge in [-0.3, -0.25) is 9.59 Å². The molecule has 1 heterocycles. The number of thiocarbonyl (C=S) groups is 1. The highest BCUT2D eigenvalue weighted by Gasteiger charge is 2.47. The first-order valence-electron chi connectivity index (χ1n) is 8.54. The fourth-order valence-electron chi connectivity index (χ4n) is 2.69. The van der Waals surface area contributed by atoms with Crippen molar-refractivity contribution in [3.8, 4) is 5.75 Å². The van der Waals surface area contributed by atoms with Crippen LogP contribution in [0.4, 0.5) is 5.69 Å². The van der Waals surface area contributed by atoms with Gasteiger partial charge in [0.25, 0.3) is 0 Å². The topological polar surface area (TPSA) is 178 Å². The number of hydrogen-bond acceptors (Lipinski definition) is 8. The molecule has 0 spiro atoms. The smallest absolute Gasteiger partial charge is 0.317 e. The number of aliphatic hydroxyl groups is 3. The van der Waals surface area contributed by atoms with E-state index >= 15 is 0 Å². The number of anilines is 1. The lowest BCUT2D eigenvalue weighted by atomic mass is 9.91. The van der Waals surface area contributed by atoms with Crippen LogP contribution in [0.3, 0.4) is 0 Å². The third-order valence-corrected chi connectivity index (χ3v) is 4.63. The molecule has 0 aliphatic carbocycles. The maximum Gasteiger partial charge on any atom is 0.317 e. The Morgan fingerprint density at radius 1 is 1.10 bits per heavy atom. The van der Waals surface area contributed by atoms with E-state index in [1.807, 2.05) is 0 Å². The first-order valence-corrected chi connectivity index (χ1v) is 8.95. The molecule has 0 radical (unpaired) electrons. The first kappa shape index (κ1) is 22.8. The van der Waals surface area contributed by atoms with Gasteiger partial charge in [-0.25, -0.2) is 0 Å². The summed E-state index contributed by atoms with van der Waals surface area (Å²) in [6.45, 7) is 0. The Morgan fingerprint density at radius 3 is 2.21 bits per heavy atom. The molecule has 7 N–H and O–H groups in total. The normalized spacial score (nSPS) is 26.6. The van der Waals surface area contributed by atoms with Gasteiger partial charge < -0.3 is 45.6 Å². The van der Waals surface area contributed by atoms with Crippen molar-refractivity contribution >= 4 is 35.0 Å². The molecule has 29 heavy (non-hydrogen) atoms. The Morgan fingerprint density at radius 2 is 1.69 bits per heavy atom. The van der Waals surface area contributed by atoms with Crippen LogP contribution in [0.1, 0.15) is 6.42 Å². The molecule has 11 nitrogen and oxygen atoms in total. The molecule has 0 unspecified atom stereocenters. The summed E-state index contributed by atoms with van der Waals surface area (Å²) in [7, 11) is 1.66. The van der Waals surface area contributed by atoms with Gasteiger partial charge in [0.05, 0.1) is 6.10 Å². The first-order chi connectivity index (χ1) is 13.6. The molecule has 0 bridgehead atoms.